The van der Waals surface area contributed by atoms with E-state index in [2.05, 4.69) is 0 Å². The number of carbonyl (C=O) groups excluding carboxylic acids is 1. The second-order valence-electron chi connectivity index (χ2n) is 9.58. The monoisotopic (exact) mass is 392 g/mol. The molecule has 3 rings (SSSR count). The van der Waals surface area contributed by atoms with Crippen molar-refractivity contribution in [3.05, 3.63) is 23.5 Å². The number of aliphatic hydroxyl groups excluding tert-OH is 2. The Balaban J connectivity index is 1.92. The van der Waals surface area contributed by atoms with E-state index < -0.39 is 28.5 Å². The molecular formula is C22H32O6. The van der Waals surface area contributed by atoms with E-state index in [1.165, 1.54) is 0 Å². The minimum Gasteiger partial charge on any atom is -0.515 e. The molecule has 28 heavy (non-hydrogen) atoms. The van der Waals surface area contributed by atoms with Crippen LogP contribution in [0.3, 0.4) is 0 Å². The SMILES string of the molecule is CC1CC[C@](O)(C(=O)O)[C@@]1(C)C[C@H](O)C1CCCC2=CC(=O)/C(=C\O)C[C@@]21C. The Bertz CT molecular complexity index is 739. The highest BCUT2D eigenvalue weighted by Crippen LogP contribution is 2.57. The van der Waals surface area contributed by atoms with Gasteiger partial charge in [0.1, 0.15) is 0 Å². The molecule has 6 nitrogen and oxygen atoms in total. The van der Waals surface area contributed by atoms with E-state index in [1.54, 1.807) is 13.0 Å². The van der Waals surface area contributed by atoms with Crippen molar-refractivity contribution >= 4 is 11.8 Å². The zero-order valence-electron chi connectivity index (χ0n) is 16.9. The van der Waals surface area contributed by atoms with Gasteiger partial charge in [-0.05, 0) is 68.3 Å². The lowest BCUT2D eigenvalue weighted by atomic mass is 9.55. The lowest BCUT2D eigenvalue weighted by Gasteiger charge is -2.50. The van der Waals surface area contributed by atoms with Crippen LogP contribution in [-0.2, 0) is 9.59 Å². The van der Waals surface area contributed by atoms with E-state index in [0.717, 1.165) is 31.1 Å². The summed E-state index contributed by atoms with van der Waals surface area (Å²) in [7, 11) is 0. The summed E-state index contributed by atoms with van der Waals surface area (Å²) in [4.78, 5) is 24.0. The van der Waals surface area contributed by atoms with Crippen molar-refractivity contribution in [1.29, 1.82) is 0 Å². The molecule has 0 radical (unpaired) electrons. The van der Waals surface area contributed by atoms with Crippen molar-refractivity contribution in [2.45, 2.75) is 77.4 Å². The summed E-state index contributed by atoms with van der Waals surface area (Å²) in [5.41, 5.74) is -1.90. The van der Waals surface area contributed by atoms with Gasteiger partial charge < -0.3 is 20.4 Å². The highest BCUT2D eigenvalue weighted by molar-refractivity contribution is 6.05. The fourth-order valence-corrected chi connectivity index (χ4v) is 6.03. The molecule has 0 aromatic carbocycles. The second-order valence-corrected chi connectivity index (χ2v) is 9.58. The topological polar surface area (TPSA) is 115 Å². The van der Waals surface area contributed by atoms with Crippen LogP contribution in [0.5, 0.6) is 0 Å². The van der Waals surface area contributed by atoms with Crippen LogP contribution in [0.15, 0.2) is 23.5 Å². The van der Waals surface area contributed by atoms with Gasteiger partial charge in [-0.3, -0.25) is 4.79 Å². The summed E-state index contributed by atoms with van der Waals surface area (Å²) >= 11 is 0. The molecule has 0 spiro atoms. The fourth-order valence-electron chi connectivity index (χ4n) is 6.03. The summed E-state index contributed by atoms with van der Waals surface area (Å²) in [6.45, 7) is 5.73. The minimum atomic E-state index is -1.85. The molecule has 0 saturated heterocycles. The van der Waals surface area contributed by atoms with Crippen LogP contribution in [0.4, 0.5) is 0 Å². The molecule has 156 valence electrons. The normalized spacial score (nSPS) is 43.5. The maximum atomic E-state index is 12.2. The Morgan fingerprint density at radius 3 is 2.64 bits per heavy atom. The summed E-state index contributed by atoms with van der Waals surface area (Å²) in [6, 6.07) is 0. The van der Waals surface area contributed by atoms with Gasteiger partial charge in [-0.2, -0.15) is 0 Å². The molecule has 2 unspecified atom stereocenters. The number of hydrogen-bond acceptors (Lipinski definition) is 5. The number of carbonyl (C=O) groups is 2. The number of carboxylic acids is 1. The molecule has 2 fully saturated rings. The average molecular weight is 392 g/mol. The number of hydrogen-bond donors (Lipinski definition) is 4. The van der Waals surface area contributed by atoms with Gasteiger partial charge in [0.2, 0.25) is 0 Å². The van der Waals surface area contributed by atoms with Crippen molar-refractivity contribution < 1.29 is 30.0 Å². The first kappa shape index (κ1) is 21.1. The predicted molar refractivity (Wildman–Crippen MR) is 104 cm³/mol. The van der Waals surface area contributed by atoms with Gasteiger partial charge in [-0.1, -0.05) is 26.3 Å². The third-order valence-corrected chi connectivity index (χ3v) is 8.27. The van der Waals surface area contributed by atoms with Crippen LogP contribution in [0.1, 0.15) is 65.7 Å². The Morgan fingerprint density at radius 1 is 1.36 bits per heavy atom. The van der Waals surface area contributed by atoms with Crippen molar-refractivity contribution in [2.75, 3.05) is 0 Å². The van der Waals surface area contributed by atoms with Gasteiger partial charge in [0.05, 0.1) is 12.4 Å². The van der Waals surface area contributed by atoms with Gasteiger partial charge in [-0.15, -0.1) is 0 Å². The molecule has 0 aliphatic heterocycles. The number of fused-ring (bicyclic) bond motifs is 1. The second kappa shape index (κ2) is 6.99. The molecule has 0 bridgehead atoms. The maximum Gasteiger partial charge on any atom is 0.336 e. The smallest absolute Gasteiger partial charge is 0.336 e. The lowest BCUT2D eigenvalue weighted by Crippen LogP contribution is -2.54. The van der Waals surface area contributed by atoms with Crippen molar-refractivity contribution in [2.24, 2.45) is 22.7 Å². The third kappa shape index (κ3) is 2.92. The van der Waals surface area contributed by atoms with Crippen LogP contribution in [-0.4, -0.2) is 43.9 Å². The number of aliphatic hydroxyl groups is 3. The Hall–Kier alpha value is -1.66. The van der Waals surface area contributed by atoms with Gasteiger partial charge in [0.25, 0.3) is 0 Å². The van der Waals surface area contributed by atoms with Crippen LogP contribution in [0, 0.1) is 22.7 Å². The number of allylic oxidation sites excluding steroid dienone is 3. The molecule has 2 saturated carbocycles. The Kier molecular flexibility index (Phi) is 5.26. The van der Waals surface area contributed by atoms with Crippen LogP contribution in [0.2, 0.25) is 0 Å². The molecule has 0 aromatic heterocycles. The van der Waals surface area contributed by atoms with Crippen LogP contribution in [0.25, 0.3) is 0 Å². The van der Waals surface area contributed by atoms with E-state index in [9.17, 15) is 30.0 Å². The number of carboxylic acid groups (broad SMARTS) is 1. The van der Waals surface area contributed by atoms with Crippen molar-refractivity contribution in [3.63, 3.8) is 0 Å². The highest BCUT2D eigenvalue weighted by Gasteiger charge is 2.61. The molecule has 0 heterocycles. The third-order valence-electron chi connectivity index (χ3n) is 8.27. The highest BCUT2D eigenvalue weighted by atomic mass is 16.4. The van der Waals surface area contributed by atoms with E-state index in [-0.39, 0.29) is 30.5 Å². The van der Waals surface area contributed by atoms with Gasteiger partial charge in [0, 0.05) is 11.0 Å². The van der Waals surface area contributed by atoms with E-state index in [4.69, 9.17) is 0 Å². The summed E-state index contributed by atoms with van der Waals surface area (Å²) in [6.07, 6.45) is 5.40. The van der Waals surface area contributed by atoms with E-state index >= 15 is 0 Å². The van der Waals surface area contributed by atoms with E-state index in [0.29, 0.717) is 18.4 Å². The molecule has 6 heteroatoms. The van der Waals surface area contributed by atoms with Crippen LogP contribution >= 0.6 is 0 Å². The molecular weight excluding hydrogens is 360 g/mol. The van der Waals surface area contributed by atoms with Crippen LogP contribution < -0.4 is 0 Å². The van der Waals surface area contributed by atoms with Crippen molar-refractivity contribution in [1.82, 2.24) is 0 Å². The molecule has 0 aromatic rings. The first-order valence-corrected chi connectivity index (χ1v) is 10.2. The predicted octanol–water partition coefficient (Wildman–Crippen LogP) is 3.14. The fraction of sp³-hybridized carbons (Fsp3) is 0.727. The first-order chi connectivity index (χ1) is 13.0. The van der Waals surface area contributed by atoms with E-state index in [1.807, 2.05) is 13.8 Å². The Morgan fingerprint density at radius 2 is 2.04 bits per heavy atom. The van der Waals surface area contributed by atoms with Gasteiger partial charge in [-0.25, -0.2) is 4.79 Å². The minimum absolute atomic E-state index is 0.0320. The standard InChI is InChI=1S/C22H32O6/c1-13-7-8-22(28,19(26)27)21(13,3)11-18(25)16-6-4-5-15-9-17(24)14(12-23)10-20(15,16)2/h9,12-13,16,18,23,25,28H,4-8,10-11H2,1-3H3,(H,26,27)/b14-12-/t13?,16?,18-,20-,21-,22-/m0/s1. The molecule has 0 amide bonds. The van der Waals surface area contributed by atoms with Gasteiger partial charge >= 0.3 is 5.97 Å². The number of ketones is 1. The maximum absolute atomic E-state index is 12.2. The zero-order chi connectivity index (χ0) is 20.9. The zero-order valence-corrected chi connectivity index (χ0v) is 16.9. The average Bonchev–Trinajstić information content (AvgIpc) is 2.86. The number of rotatable bonds is 4. The lowest BCUT2D eigenvalue weighted by molar-refractivity contribution is -0.176. The summed E-state index contributed by atoms with van der Waals surface area (Å²) in [5.74, 6) is -1.61. The quantitative estimate of drug-likeness (QED) is 0.432. The first-order valence-electron chi connectivity index (χ1n) is 10.2. The summed E-state index contributed by atoms with van der Waals surface area (Å²) in [5, 5.41) is 41.3. The van der Waals surface area contributed by atoms with Crippen molar-refractivity contribution in [3.8, 4) is 0 Å². The molecule has 3 aliphatic rings. The summed E-state index contributed by atoms with van der Waals surface area (Å²) < 4.78 is 0. The van der Waals surface area contributed by atoms with Gasteiger partial charge in [0.15, 0.2) is 11.4 Å². The molecule has 3 aliphatic carbocycles. The Labute approximate surface area is 166 Å². The molecule has 4 N–H and O–H groups in total. The molecule has 6 atom stereocenters. The largest absolute Gasteiger partial charge is 0.515 e. The number of aliphatic carboxylic acids is 1.